The Kier molecular flexibility index (Phi) is 2.04. The zero-order valence-electron chi connectivity index (χ0n) is 8.10. The molecule has 0 bridgehead atoms. The second kappa shape index (κ2) is 3.21. The van der Waals surface area contributed by atoms with Crippen molar-refractivity contribution >= 4 is 11.0 Å². The van der Waals surface area contributed by atoms with Gasteiger partial charge >= 0.3 is 0 Å². The first-order valence-electron chi connectivity index (χ1n) is 4.48. The molecule has 14 heavy (non-hydrogen) atoms. The van der Waals surface area contributed by atoms with Crippen LogP contribution in [0.25, 0.3) is 11.0 Å². The predicted octanol–water partition coefficient (Wildman–Crippen LogP) is 1.85. The Balaban J connectivity index is 2.71. The molecule has 0 aromatic carbocycles. The third-order valence-electron chi connectivity index (χ3n) is 2.05. The lowest BCUT2D eigenvalue weighted by molar-refractivity contribution is 0.461. The van der Waals surface area contributed by atoms with Gasteiger partial charge in [-0.2, -0.15) is 0 Å². The Morgan fingerprint density at radius 2 is 2.07 bits per heavy atom. The van der Waals surface area contributed by atoms with Crippen LogP contribution in [0.2, 0.25) is 0 Å². The normalized spacial score (nSPS) is 11.1. The fourth-order valence-corrected chi connectivity index (χ4v) is 1.34. The molecule has 0 radical (unpaired) electrons. The average molecular weight is 189 g/mol. The summed E-state index contributed by atoms with van der Waals surface area (Å²) in [7, 11) is 0. The number of aromatic nitrogens is 3. The molecule has 2 rings (SSSR count). The molecule has 0 spiro atoms. The van der Waals surface area contributed by atoms with Crippen molar-refractivity contribution in [1.29, 1.82) is 0 Å². The maximum atomic E-state index is 9.66. The van der Waals surface area contributed by atoms with Crippen molar-refractivity contribution in [3.05, 3.63) is 24.3 Å². The molecule has 0 amide bonds. The Bertz CT molecular complexity index is 468. The molecular weight excluding hydrogens is 178 g/mol. The molecule has 2 aromatic heterocycles. The zero-order chi connectivity index (χ0) is 10.1. The van der Waals surface area contributed by atoms with Crippen LogP contribution in [-0.4, -0.2) is 20.1 Å². The summed E-state index contributed by atoms with van der Waals surface area (Å²) in [5, 5.41) is 9.66. The molecule has 0 saturated heterocycles. The van der Waals surface area contributed by atoms with Crippen molar-refractivity contribution in [1.82, 2.24) is 15.0 Å². The van der Waals surface area contributed by atoms with Crippen LogP contribution in [0.5, 0.6) is 5.75 Å². The molecule has 72 valence electrons. The Morgan fingerprint density at radius 3 is 2.79 bits per heavy atom. The molecule has 0 fully saturated rings. The van der Waals surface area contributed by atoms with Gasteiger partial charge < -0.3 is 5.11 Å². The highest BCUT2D eigenvalue weighted by Crippen LogP contribution is 2.25. The number of aromatic hydroxyl groups is 1. The van der Waals surface area contributed by atoms with E-state index in [0.717, 1.165) is 0 Å². The summed E-state index contributed by atoms with van der Waals surface area (Å²) in [5.74, 6) is 0.394. The maximum Gasteiger partial charge on any atom is 0.139 e. The van der Waals surface area contributed by atoms with Gasteiger partial charge in [-0.15, -0.1) is 0 Å². The number of rotatable bonds is 1. The number of nitrogens with zero attached hydrogens (tertiary/aromatic N) is 3. The van der Waals surface area contributed by atoms with Gasteiger partial charge in [-0.05, 0) is 5.92 Å². The predicted molar refractivity (Wildman–Crippen MR) is 53.1 cm³/mol. The van der Waals surface area contributed by atoms with E-state index in [0.29, 0.717) is 16.7 Å². The second-order valence-electron chi connectivity index (χ2n) is 3.47. The van der Waals surface area contributed by atoms with Gasteiger partial charge in [0, 0.05) is 6.07 Å². The maximum absolute atomic E-state index is 9.66. The highest BCUT2D eigenvalue weighted by Gasteiger charge is 2.09. The smallest absolute Gasteiger partial charge is 0.139 e. The fraction of sp³-hybridized carbons (Fsp3) is 0.300. The van der Waals surface area contributed by atoms with Gasteiger partial charge in [0.1, 0.15) is 17.6 Å². The molecular formula is C10H11N3O. The van der Waals surface area contributed by atoms with Crippen molar-refractivity contribution in [2.24, 2.45) is 0 Å². The largest absolute Gasteiger partial charge is 0.506 e. The minimum absolute atomic E-state index is 0.194. The van der Waals surface area contributed by atoms with Crippen molar-refractivity contribution in [2.45, 2.75) is 19.8 Å². The third kappa shape index (κ3) is 1.39. The summed E-state index contributed by atoms with van der Waals surface area (Å²) >= 11 is 0. The van der Waals surface area contributed by atoms with Gasteiger partial charge in [0.2, 0.25) is 0 Å². The lowest BCUT2D eigenvalue weighted by Gasteiger charge is -2.07. The summed E-state index contributed by atoms with van der Waals surface area (Å²) in [4.78, 5) is 12.2. The third-order valence-corrected chi connectivity index (χ3v) is 2.05. The first kappa shape index (κ1) is 8.87. The quantitative estimate of drug-likeness (QED) is 0.743. The molecule has 0 saturated carbocycles. The Labute approximate surface area is 81.7 Å². The zero-order valence-corrected chi connectivity index (χ0v) is 8.10. The van der Waals surface area contributed by atoms with E-state index in [1.54, 1.807) is 12.3 Å². The minimum atomic E-state index is 0.194. The van der Waals surface area contributed by atoms with Crippen LogP contribution in [0.4, 0.5) is 0 Å². The van der Waals surface area contributed by atoms with Gasteiger partial charge in [0.15, 0.2) is 0 Å². The van der Waals surface area contributed by atoms with E-state index in [1.807, 2.05) is 13.8 Å². The number of fused-ring (bicyclic) bond motifs is 1. The van der Waals surface area contributed by atoms with Crippen molar-refractivity contribution in [3.8, 4) is 5.75 Å². The lowest BCUT2D eigenvalue weighted by Crippen LogP contribution is -1.95. The van der Waals surface area contributed by atoms with Gasteiger partial charge in [-0.25, -0.2) is 15.0 Å². The molecule has 4 heteroatoms. The first-order valence-corrected chi connectivity index (χ1v) is 4.48. The summed E-state index contributed by atoms with van der Waals surface area (Å²) in [6, 6.07) is 1.62. The molecule has 0 aliphatic heterocycles. The number of pyridine rings is 1. The molecule has 1 N–H and O–H groups in total. The summed E-state index contributed by atoms with van der Waals surface area (Å²) in [5.41, 5.74) is 2.07. The van der Waals surface area contributed by atoms with Crippen LogP contribution in [0.15, 0.2) is 18.6 Å². The molecule has 0 unspecified atom stereocenters. The van der Waals surface area contributed by atoms with E-state index in [-0.39, 0.29) is 11.7 Å². The van der Waals surface area contributed by atoms with Gasteiger partial charge in [0.05, 0.1) is 17.4 Å². The van der Waals surface area contributed by atoms with E-state index >= 15 is 0 Å². The summed E-state index contributed by atoms with van der Waals surface area (Å²) in [6.45, 7) is 3.97. The van der Waals surface area contributed by atoms with Crippen LogP contribution in [0, 0.1) is 0 Å². The molecule has 2 heterocycles. The first-order chi connectivity index (χ1) is 6.68. The molecule has 0 atom stereocenters. The Hall–Kier alpha value is -1.71. The Morgan fingerprint density at radius 1 is 1.29 bits per heavy atom. The van der Waals surface area contributed by atoms with Crippen molar-refractivity contribution in [3.63, 3.8) is 0 Å². The number of hydrogen-bond acceptors (Lipinski definition) is 4. The van der Waals surface area contributed by atoms with Crippen LogP contribution in [0.1, 0.15) is 25.5 Å². The molecule has 4 nitrogen and oxygen atoms in total. The van der Waals surface area contributed by atoms with Gasteiger partial charge in [0.25, 0.3) is 0 Å². The van der Waals surface area contributed by atoms with Crippen molar-refractivity contribution < 1.29 is 5.11 Å². The van der Waals surface area contributed by atoms with Gasteiger partial charge in [-0.3, -0.25) is 0 Å². The monoisotopic (exact) mass is 189 g/mol. The molecule has 0 aliphatic carbocycles. The van der Waals surface area contributed by atoms with Crippen LogP contribution in [-0.2, 0) is 0 Å². The van der Waals surface area contributed by atoms with Gasteiger partial charge in [-0.1, -0.05) is 13.8 Å². The molecule has 2 aromatic rings. The highest BCUT2D eigenvalue weighted by atomic mass is 16.3. The van der Waals surface area contributed by atoms with E-state index in [1.165, 1.54) is 6.33 Å². The topological polar surface area (TPSA) is 58.9 Å². The lowest BCUT2D eigenvalue weighted by atomic mass is 10.1. The van der Waals surface area contributed by atoms with E-state index in [4.69, 9.17) is 0 Å². The summed E-state index contributed by atoms with van der Waals surface area (Å²) < 4.78 is 0. The van der Waals surface area contributed by atoms with E-state index < -0.39 is 0 Å². The van der Waals surface area contributed by atoms with Crippen molar-refractivity contribution in [2.75, 3.05) is 0 Å². The van der Waals surface area contributed by atoms with E-state index in [9.17, 15) is 5.11 Å². The highest BCUT2D eigenvalue weighted by molar-refractivity contribution is 5.74. The minimum Gasteiger partial charge on any atom is -0.506 e. The molecule has 0 aliphatic rings. The van der Waals surface area contributed by atoms with Crippen LogP contribution < -0.4 is 0 Å². The second-order valence-corrected chi connectivity index (χ2v) is 3.47. The van der Waals surface area contributed by atoms with Crippen LogP contribution >= 0.6 is 0 Å². The summed E-state index contributed by atoms with van der Waals surface area (Å²) in [6.07, 6.45) is 3.09. The SMILES string of the molecule is CC(C)c1nc2cncnc2cc1O. The van der Waals surface area contributed by atoms with Crippen LogP contribution in [0.3, 0.4) is 0 Å². The standard InChI is InChI=1S/C10H11N3O/c1-6(2)10-9(14)3-7-8(13-10)4-11-5-12-7/h3-6,14H,1-2H3. The van der Waals surface area contributed by atoms with E-state index in [2.05, 4.69) is 15.0 Å². The number of hydrogen-bond donors (Lipinski definition) is 1. The average Bonchev–Trinajstić information content (AvgIpc) is 2.16. The fourth-order valence-electron chi connectivity index (χ4n) is 1.34.